The molecular weight excluding hydrogens is 449 g/mol. The van der Waals surface area contributed by atoms with Gasteiger partial charge in [-0.05, 0) is 72.7 Å². The number of benzene rings is 3. The molecule has 174 valence electrons. The summed E-state index contributed by atoms with van der Waals surface area (Å²) in [5.41, 5.74) is 11.2. The van der Waals surface area contributed by atoms with Crippen molar-refractivity contribution in [1.82, 2.24) is 0 Å². The molecule has 0 radical (unpaired) electrons. The van der Waals surface area contributed by atoms with Crippen molar-refractivity contribution in [3.63, 3.8) is 0 Å². The van der Waals surface area contributed by atoms with Gasteiger partial charge in [0.2, 0.25) is 5.91 Å². The van der Waals surface area contributed by atoms with Gasteiger partial charge in [-0.25, -0.2) is 4.39 Å². The van der Waals surface area contributed by atoms with Gasteiger partial charge < -0.3 is 15.5 Å². The molecule has 2 aliphatic rings. The van der Waals surface area contributed by atoms with Crippen molar-refractivity contribution in [2.24, 2.45) is 17.6 Å². The SMILES string of the molecule is C=C(c1cccc(C)c1F)N(C)c1ccc(-c2cc(C(N)=O)ccc2Cl)cc1N1CC2CC2C1. The molecule has 2 atom stereocenters. The average molecular weight is 476 g/mol. The molecule has 3 aromatic rings. The van der Waals surface area contributed by atoms with Gasteiger partial charge in [-0.15, -0.1) is 0 Å². The summed E-state index contributed by atoms with van der Waals surface area (Å²) in [5, 5.41) is 0.549. The first kappa shape index (κ1) is 22.5. The first-order chi connectivity index (χ1) is 16.2. The number of nitrogens with two attached hydrogens (primary N) is 1. The highest BCUT2D eigenvalue weighted by Gasteiger charge is 2.45. The van der Waals surface area contributed by atoms with Crippen LogP contribution in [0.3, 0.4) is 0 Å². The lowest BCUT2D eigenvalue weighted by Crippen LogP contribution is -2.25. The lowest BCUT2D eigenvalue weighted by molar-refractivity contribution is 0.100. The summed E-state index contributed by atoms with van der Waals surface area (Å²) < 4.78 is 14.9. The van der Waals surface area contributed by atoms with Crippen molar-refractivity contribution in [3.8, 4) is 11.1 Å². The zero-order valence-electron chi connectivity index (χ0n) is 19.3. The molecule has 3 aromatic carbocycles. The number of nitrogens with zero attached hydrogens (tertiary/aromatic N) is 2. The maximum absolute atomic E-state index is 14.9. The number of carbonyl (C=O) groups is 1. The van der Waals surface area contributed by atoms with Crippen LogP contribution in [0.25, 0.3) is 16.8 Å². The summed E-state index contributed by atoms with van der Waals surface area (Å²) >= 11 is 6.51. The molecule has 1 aliphatic heterocycles. The van der Waals surface area contributed by atoms with Crippen LogP contribution >= 0.6 is 11.6 Å². The third-order valence-corrected chi connectivity index (χ3v) is 7.46. The molecule has 0 bridgehead atoms. The number of rotatable bonds is 6. The highest BCUT2D eigenvalue weighted by atomic mass is 35.5. The van der Waals surface area contributed by atoms with Crippen LogP contribution in [-0.4, -0.2) is 26.0 Å². The van der Waals surface area contributed by atoms with E-state index in [0.29, 0.717) is 27.4 Å². The van der Waals surface area contributed by atoms with Crippen molar-refractivity contribution in [1.29, 1.82) is 0 Å². The molecule has 2 N–H and O–H groups in total. The summed E-state index contributed by atoms with van der Waals surface area (Å²) in [6.07, 6.45) is 1.29. The van der Waals surface area contributed by atoms with E-state index in [1.54, 1.807) is 37.3 Å². The quantitative estimate of drug-likeness (QED) is 0.467. The third-order valence-electron chi connectivity index (χ3n) is 7.13. The monoisotopic (exact) mass is 475 g/mol. The molecule has 4 nitrogen and oxygen atoms in total. The lowest BCUT2D eigenvalue weighted by atomic mass is 10.00. The highest BCUT2D eigenvalue weighted by molar-refractivity contribution is 6.33. The van der Waals surface area contributed by atoms with Crippen molar-refractivity contribution >= 4 is 34.6 Å². The predicted octanol–water partition coefficient (Wildman–Crippen LogP) is 6.12. The summed E-state index contributed by atoms with van der Waals surface area (Å²) in [6.45, 7) is 7.96. The minimum Gasteiger partial charge on any atom is -0.369 e. The predicted molar refractivity (Wildman–Crippen MR) is 138 cm³/mol. The van der Waals surface area contributed by atoms with E-state index in [-0.39, 0.29) is 5.82 Å². The number of fused-ring (bicyclic) bond motifs is 1. The minimum absolute atomic E-state index is 0.255. The van der Waals surface area contributed by atoms with Crippen molar-refractivity contribution in [3.05, 3.63) is 88.7 Å². The Labute approximate surface area is 204 Å². The van der Waals surface area contributed by atoms with Gasteiger partial charge in [0.1, 0.15) is 5.82 Å². The largest absolute Gasteiger partial charge is 0.369 e. The van der Waals surface area contributed by atoms with Gasteiger partial charge >= 0.3 is 0 Å². The Morgan fingerprint density at radius 2 is 1.88 bits per heavy atom. The van der Waals surface area contributed by atoms with Gasteiger partial charge in [0.25, 0.3) is 0 Å². The minimum atomic E-state index is -0.495. The summed E-state index contributed by atoms with van der Waals surface area (Å²) in [4.78, 5) is 16.1. The fourth-order valence-corrected chi connectivity index (χ4v) is 5.15. The third kappa shape index (κ3) is 3.94. The summed E-state index contributed by atoms with van der Waals surface area (Å²) in [7, 11) is 1.92. The highest BCUT2D eigenvalue weighted by Crippen LogP contribution is 2.49. The zero-order valence-corrected chi connectivity index (χ0v) is 20.1. The molecule has 0 spiro atoms. The lowest BCUT2D eigenvalue weighted by Gasteiger charge is -2.30. The number of amides is 1. The molecule has 2 unspecified atom stereocenters. The van der Waals surface area contributed by atoms with E-state index in [2.05, 4.69) is 17.5 Å². The average Bonchev–Trinajstić information content (AvgIpc) is 3.44. The molecule has 1 aliphatic carbocycles. The van der Waals surface area contributed by atoms with Crippen LogP contribution in [0, 0.1) is 24.6 Å². The number of halogens is 2. The molecule has 1 heterocycles. The topological polar surface area (TPSA) is 49.6 Å². The number of hydrogen-bond donors (Lipinski definition) is 1. The van der Waals surface area contributed by atoms with E-state index in [0.717, 1.165) is 47.4 Å². The second-order valence-corrected chi connectivity index (χ2v) is 9.77. The van der Waals surface area contributed by atoms with E-state index < -0.39 is 5.91 Å². The Balaban J connectivity index is 1.58. The fraction of sp³-hybridized carbons (Fsp3) is 0.250. The Morgan fingerprint density at radius 1 is 1.15 bits per heavy atom. The van der Waals surface area contributed by atoms with Crippen LogP contribution in [-0.2, 0) is 0 Å². The van der Waals surface area contributed by atoms with E-state index in [9.17, 15) is 9.18 Å². The number of piperidine rings is 1. The fourth-order valence-electron chi connectivity index (χ4n) is 4.92. The van der Waals surface area contributed by atoms with Crippen LogP contribution < -0.4 is 15.5 Å². The number of aryl methyl sites for hydroxylation is 1. The number of carbonyl (C=O) groups excluding carboxylic acids is 1. The molecule has 6 heteroatoms. The first-order valence-electron chi connectivity index (χ1n) is 11.4. The zero-order chi connectivity index (χ0) is 24.1. The van der Waals surface area contributed by atoms with E-state index >= 15 is 0 Å². The normalized spacial score (nSPS) is 18.5. The van der Waals surface area contributed by atoms with Crippen molar-refractivity contribution in [2.45, 2.75) is 13.3 Å². The Bertz CT molecular complexity index is 1310. The van der Waals surface area contributed by atoms with E-state index in [1.165, 1.54) is 6.42 Å². The molecule has 1 saturated carbocycles. The molecule has 1 saturated heterocycles. The Kier molecular flexibility index (Phi) is 5.61. The van der Waals surface area contributed by atoms with Crippen LogP contribution in [0.1, 0.15) is 27.9 Å². The summed E-state index contributed by atoms with van der Waals surface area (Å²) in [6, 6.07) is 16.5. The first-order valence-corrected chi connectivity index (χ1v) is 11.8. The van der Waals surface area contributed by atoms with Gasteiger partial charge in [-0.3, -0.25) is 4.79 Å². The standard InChI is InChI=1S/C28H27ClFN3O/c1-16-5-4-6-22(27(16)30)17(2)32(3)25-10-8-18(13-26(25)33-14-20-11-21(20)15-33)23-12-19(28(31)34)7-9-24(23)29/h4-10,12-13,20-21H,2,11,14-15H2,1,3H3,(H2,31,34). The van der Waals surface area contributed by atoms with Crippen LogP contribution in [0.4, 0.5) is 15.8 Å². The number of hydrogen-bond acceptors (Lipinski definition) is 3. The maximum atomic E-state index is 14.9. The molecule has 34 heavy (non-hydrogen) atoms. The number of anilines is 2. The van der Waals surface area contributed by atoms with Crippen LogP contribution in [0.2, 0.25) is 5.02 Å². The van der Waals surface area contributed by atoms with E-state index in [4.69, 9.17) is 17.3 Å². The van der Waals surface area contributed by atoms with Crippen molar-refractivity contribution < 1.29 is 9.18 Å². The van der Waals surface area contributed by atoms with Gasteiger partial charge in [0.05, 0.1) is 11.4 Å². The molecule has 0 aromatic heterocycles. The maximum Gasteiger partial charge on any atom is 0.248 e. The Hall–Kier alpha value is -3.31. The smallest absolute Gasteiger partial charge is 0.248 e. The van der Waals surface area contributed by atoms with Gasteiger partial charge in [-0.1, -0.05) is 36.4 Å². The molecule has 1 amide bonds. The number of primary amides is 1. The van der Waals surface area contributed by atoms with Crippen molar-refractivity contribution in [2.75, 3.05) is 29.9 Å². The van der Waals surface area contributed by atoms with Gasteiger partial charge in [-0.2, -0.15) is 0 Å². The van der Waals surface area contributed by atoms with Gasteiger partial charge in [0.15, 0.2) is 0 Å². The Morgan fingerprint density at radius 3 is 2.59 bits per heavy atom. The molecular formula is C28H27ClFN3O. The second-order valence-electron chi connectivity index (χ2n) is 9.37. The molecule has 2 fully saturated rings. The second kappa shape index (κ2) is 8.48. The van der Waals surface area contributed by atoms with Crippen LogP contribution in [0.5, 0.6) is 0 Å². The van der Waals surface area contributed by atoms with Crippen LogP contribution in [0.15, 0.2) is 61.2 Å². The van der Waals surface area contributed by atoms with E-state index in [1.807, 2.05) is 30.1 Å². The van der Waals surface area contributed by atoms with Gasteiger partial charge in [0, 0.05) is 47.5 Å². The molecule has 5 rings (SSSR count). The summed E-state index contributed by atoms with van der Waals surface area (Å²) in [5.74, 6) is 0.725.